The van der Waals surface area contributed by atoms with Gasteiger partial charge in [0, 0.05) is 5.56 Å². The summed E-state index contributed by atoms with van der Waals surface area (Å²) >= 11 is 0. The molecule has 2 heteroatoms. The molecule has 2 nitrogen and oxygen atoms in total. The molecule has 1 rings (SSSR count). The van der Waals surface area contributed by atoms with E-state index in [1.54, 1.807) is 12.3 Å². The maximum atomic E-state index is 3.99. The van der Waals surface area contributed by atoms with Crippen molar-refractivity contribution in [3.05, 3.63) is 42.3 Å². The SMILES string of the molecule is C=C/C(=C\c1[nH]ncc1C=C)C(C)CC. The largest absolute Gasteiger partial charge is 0.278 e. The van der Waals surface area contributed by atoms with Gasteiger partial charge < -0.3 is 0 Å². The molecular formula is C13H18N2. The summed E-state index contributed by atoms with van der Waals surface area (Å²) in [6.07, 6.45) is 8.67. The third-order valence-corrected chi connectivity index (χ3v) is 2.65. The third kappa shape index (κ3) is 2.69. The second-order valence-electron chi connectivity index (χ2n) is 3.60. The van der Waals surface area contributed by atoms with Crippen molar-refractivity contribution < 1.29 is 0 Å². The van der Waals surface area contributed by atoms with E-state index in [1.165, 1.54) is 5.57 Å². The van der Waals surface area contributed by atoms with Crippen molar-refractivity contribution in [3.63, 3.8) is 0 Å². The normalized spacial score (nSPS) is 13.6. The van der Waals surface area contributed by atoms with Crippen LogP contribution in [0.15, 0.2) is 31.0 Å². The maximum Gasteiger partial charge on any atom is 0.0652 e. The van der Waals surface area contributed by atoms with Crippen LogP contribution in [0.5, 0.6) is 0 Å². The molecule has 0 saturated carbocycles. The molecule has 0 fully saturated rings. The van der Waals surface area contributed by atoms with Gasteiger partial charge in [-0.3, -0.25) is 5.10 Å². The highest BCUT2D eigenvalue weighted by molar-refractivity contribution is 5.63. The molecule has 0 bridgehead atoms. The first-order chi connectivity index (χ1) is 7.22. The molecule has 1 aromatic heterocycles. The molecule has 0 aliphatic carbocycles. The number of allylic oxidation sites excluding steroid dienone is 2. The lowest BCUT2D eigenvalue weighted by molar-refractivity contribution is 0.674. The van der Waals surface area contributed by atoms with E-state index in [4.69, 9.17) is 0 Å². The van der Waals surface area contributed by atoms with Crippen LogP contribution in [0.1, 0.15) is 31.5 Å². The zero-order valence-electron chi connectivity index (χ0n) is 9.46. The van der Waals surface area contributed by atoms with Crippen LogP contribution < -0.4 is 0 Å². The summed E-state index contributed by atoms with van der Waals surface area (Å²) in [5, 5.41) is 6.95. The Labute approximate surface area is 91.4 Å². The Bertz CT molecular complexity index is 372. The predicted octanol–water partition coefficient (Wildman–Crippen LogP) is 3.67. The highest BCUT2D eigenvalue weighted by Gasteiger charge is 2.05. The molecule has 1 aromatic rings. The van der Waals surface area contributed by atoms with Gasteiger partial charge >= 0.3 is 0 Å². The van der Waals surface area contributed by atoms with Crippen molar-refractivity contribution in [2.75, 3.05) is 0 Å². The molecule has 0 aliphatic rings. The zero-order valence-corrected chi connectivity index (χ0v) is 9.46. The van der Waals surface area contributed by atoms with E-state index in [0.717, 1.165) is 17.7 Å². The Morgan fingerprint density at radius 2 is 2.33 bits per heavy atom. The standard InChI is InChI=1S/C13H18N2/c1-5-10(4)11(6-2)8-13-12(7-3)9-14-15-13/h6-10H,2-3,5H2,1,4H3,(H,14,15)/b11-8+. The Balaban J connectivity index is 3.02. The zero-order chi connectivity index (χ0) is 11.3. The first-order valence-corrected chi connectivity index (χ1v) is 5.22. The smallest absolute Gasteiger partial charge is 0.0652 e. The summed E-state index contributed by atoms with van der Waals surface area (Å²) in [6, 6.07) is 0. The minimum atomic E-state index is 0.517. The number of hydrogen-bond donors (Lipinski definition) is 1. The Morgan fingerprint density at radius 1 is 1.60 bits per heavy atom. The minimum Gasteiger partial charge on any atom is -0.278 e. The molecule has 80 valence electrons. The average Bonchev–Trinajstić information content (AvgIpc) is 2.71. The molecule has 0 saturated heterocycles. The van der Waals surface area contributed by atoms with Crippen molar-refractivity contribution in [1.82, 2.24) is 10.2 Å². The summed E-state index contributed by atoms with van der Waals surface area (Å²) in [5.41, 5.74) is 3.25. The van der Waals surface area contributed by atoms with Crippen LogP contribution in [-0.2, 0) is 0 Å². The monoisotopic (exact) mass is 202 g/mol. The first kappa shape index (κ1) is 11.5. The molecule has 15 heavy (non-hydrogen) atoms. The molecule has 1 atom stereocenters. The predicted molar refractivity (Wildman–Crippen MR) is 66.3 cm³/mol. The summed E-state index contributed by atoms with van der Waals surface area (Å²) < 4.78 is 0. The molecule has 1 N–H and O–H groups in total. The van der Waals surface area contributed by atoms with Gasteiger partial charge in [0.05, 0.1) is 11.9 Å². The number of aromatic amines is 1. The van der Waals surface area contributed by atoms with E-state index in [9.17, 15) is 0 Å². The second kappa shape index (κ2) is 5.35. The molecule has 1 heterocycles. The van der Waals surface area contributed by atoms with Gasteiger partial charge in [0.1, 0.15) is 0 Å². The molecule has 0 aromatic carbocycles. The third-order valence-electron chi connectivity index (χ3n) is 2.65. The Kier molecular flexibility index (Phi) is 4.10. The van der Waals surface area contributed by atoms with Crippen molar-refractivity contribution >= 4 is 12.2 Å². The fourth-order valence-corrected chi connectivity index (χ4v) is 1.39. The summed E-state index contributed by atoms with van der Waals surface area (Å²) in [4.78, 5) is 0. The van der Waals surface area contributed by atoms with E-state index >= 15 is 0 Å². The van der Waals surface area contributed by atoms with Crippen LogP contribution in [0.25, 0.3) is 12.2 Å². The summed E-state index contributed by atoms with van der Waals surface area (Å²) in [7, 11) is 0. The highest BCUT2D eigenvalue weighted by atomic mass is 15.1. The number of nitrogens with zero attached hydrogens (tertiary/aromatic N) is 1. The van der Waals surface area contributed by atoms with Gasteiger partial charge in [-0.2, -0.15) is 5.10 Å². The molecule has 0 radical (unpaired) electrons. The quantitative estimate of drug-likeness (QED) is 0.725. The minimum absolute atomic E-state index is 0.517. The summed E-state index contributed by atoms with van der Waals surface area (Å²) in [5.74, 6) is 0.517. The van der Waals surface area contributed by atoms with Gasteiger partial charge in [-0.1, -0.05) is 39.2 Å². The van der Waals surface area contributed by atoms with E-state index in [2.05, 4.69) is 43.3 Å². The van der Waals surface area contributed by atoms with Crippen molar-refractivity contribution in [3.8, 4) is 0 Å². The molecule has 1 unspecified atom stereocenters. The number of H-pyrrole nitrogens is 1. The fraction of sp³-hybridized carbons (Fsp3) is 0.308. The van der Waals surface area contributed by atoms with Crippen LogP contribution in [-0.4, -0.2) is 10.2 Å². The highest BCUT2D eigenvalue weighted by Crippen LogP contribution is 2.19. The molecule has 0 spiro atoms. The van der Waals surface area contributed by atoms with E-state index in [1.807, 2.05) is 6.08 Å². The maximum absolute atomic E-state index is 3.99. The average molecular weight is 202 g/mol. The van der Waals surface area contributed by atoms with Gasteiger partial charge in [0.2, 0.25) is 0 Å². The number of aromatic nitrogens is 2. The lowest BCUT2D eigenvalue weighted by Crippen LogP contribution is -1.95. The van der Waals surface area contributed by atoms with E-state index in [-0.39, 0.29) is 0 Å². The van der Waals surface area contributed by atoms with Gasteiger partial charge in [-0.15, -0.1) is 0 Å². The number of rotatable bonds is 5. The Morgan fingerprint density at radius 3 is 2.87 bits per heavy atom. The fourth-order valence-electron chi connectivity index (χ4n) is 1.39. The van der Waals surface area contributed by atoms with Crippen LogP contribution in [0.4, 0.5) is 0 Å². The second-order valence-corrected chi connectivity index (χ2v) is 3.60. The van der Waals surface area contributed by atoms with Gasteiger partial charge in [0.15, 0.2) is 0 Å². The first-order valence-electron chi connectivity index (χ1n) is 5.22. The van der Waals surface area contributed by atoms with Crippen molar-refractivity contribution in [2.24, 2.45) is 5.92 Å². The topological polar surface area (TPSA) is 28.7 Å². The Hall–Kier alpha value is -1.57. The summed E-state index contributed by atoms with van der Waals surface area (Å²) in [6.45, 7) is 11.9. The van der Waals surface area contributed by atoms with Gasteiger partial charge in [-0.25, -0.2) is 0 Å². The van der Waals surface area contributed by atoms with Crippen LogP contribution in [0, 0.1) is 5.92 Å². The van der Waals surface area contributed by atoms with Crippen LogP contribution in [0.2, 0.25) is 0 Å². The van der Waals surface area contributed by atoms with Crippen molar-refractivity contribution in [1.29, 1.82) is 0 Å². The van der Waals surface area contributed by atoms with E-state index in [0.29, 0.717) is 5.92 Å². The van der Waals surface area contributed by atoms with Gasteiger partial charge in [-0.05, 0) is 24.0 Å². The number of hydrogen-bond acceptors (Lipinski definition) is 1. The molecule has 0 amide bonds. The molecule has 0 aliphatic heterocycles. The lowest BCUT2D eigenvalue weighted by atomic mass is 9.97. The van der Waals surface area contributed by atoms with Crippen LogP contribution >= 0.6 is 0 Å². The van der Waals surface area contributed by atoms with Crippen molar-refractivity contribution in [2.45, 2.75) is 20.3 Å². The van der Waals surface area contributed by atoms with Crippen LogP contribution in [0.3, 0.4) is 0 Å². The lowest BCUT2D eigenvalue weighted by Gasteiger charge is -2.09. The van der Waals surface area contributed by atoms with Gasteiger partial charge in [0.25, 0.3) is 0 Å². The number of nitrogens with one attached hydrogen (secondary N) is 1. The molecular weight excluding hydrogens is 184 g/mol. The van der Waals surface area contributed by atoms with E-state index < -0.39 is 0 Å².